The molecule has 0 aliphatic heterocycles. The zero-order valence-corrected chi connectivity index (χ0v) is 10.6. The number of nitrogens with zero attached hydrogens (tertiary/aromatic N) is 1. The Labute approximate surface area is 92.7 Å². The Morgan fingerprint density at radius 2 is 2.31 bits per heavy atom. The summed E-state index contributed by atoms with van der Waals surface area (Å²) in [5.74, 6) is 0.783. The van der Waals surface area contributed by atoms with Gasteiger partial charge in [0.05, 0.1) is 5.51 Å². The first-order valence-electron chi connectivity index (χ1n) is 4.70. The van der Waals surface area contributed by atoms with Gasteiger partial charge in [0.1, 0.15) is 0 Å². The molecule has 0 aliphatic carbocycles. The van der Waals surface area contributed by atoms with Crippen molar-refractivity contribution in [2.75, 3.05) is 0 Å². The second-order valence-electron chi connectivity index (χ2n) is 3.73. The van der Waals surface area contributed by atoms with Gasteiger partial charge in [-0.2, -0.15) is 0 Å². The molecule has 0 fully saturated rings. The lowest BCUT2D eigenvalue weighted by molar-refractivity contribution is 0.555. The Kier molecular flexibility index (Phi) is 4.96. The van der Waals surface area contributed by atoms with Crippen LogP contribution in [-0.4, -0.2) is 9.81 Å². The van der Waals surface area contributed by atoms with Crippen molar-refractivity contribution in [3.8, 4) is 0 Å². The van der Waals surface area contributed by atoms with Crippen LogP contribution in [0.25, 0.3) is 0 Å². The van der Waals surface area contributed by atoms with Crippen LogP contribution in [-0.2, 0) is 6.42 Å². The first kappa shape index (κ1) is 11.2. The lowest BCUT2D eigenvalue weighted by Crippen LogP contribution is -2.03. The van der Waals surface area contributed by atoms with Gasteiger partial charge in [0, 0.05) is 15.9 Å². The molecule has 0 aromatic carbocycles. The van der Waals surface area contributed by atoms with Gasteiger partial charge in [-0.25, -0.2) is 0 Å². The number of aryl methyl sites for hydroxylation is 1. The highest BCUT2D eigenvalue weighted by Crippen LogP contribution is 2.19. The number of hydrogen-bond donors (Lipinski definition) is 0. The van der Waals surface area contributed by atoms with Crippen LogP contribution in [0.5, 0.6) is 0 Å². The number of alkyl halides is 1. The van der Waals surface area contributed by atoms with E-state index in [2.05, 4.69) is 34.8 Å². The zero-order chi connectivity index (χ0) is 9.68. The van der Waals surface area contributed by atoms with Gasteiger partial charge in [0.25, 0.3) is 0 Å². The molecule has 1 aromatic heterocycles. The van der Waals surface area contributed by atoms with Crippen LogP contribution in [0.3, 0.4) is 0 Å². The summed E-state index contributed by atoms with van der Waals surface area (Å²) in [6.07, 6.45) is 5.62. The highest BCUT2D eigenvalue weighted by Gasteiger charge is 2.07. The number of halogens is 1. The van der Waals surface area contributed by atoms with Crippen molar-refractivity contribution in [3.63, 3.8) is 0 Å². The number of rotatable bonds is 5. The van der Waals surface area contributed by atoms with Crippen molar-refractivity contribution in [1.29, 1.82) is 0 Å². The summed E-state index contributed by atoms with van der Waals surface area (Å²) >= 11 is 5.46. The largest absolute Gasteiger partial charge is 0.253 e. The monoisotopic (exact) mass is 261 g/mol. The predicted molar refractivity (Wildman–Crippen MR) is 62.6 cm³/mol. The molecule has 1 heterocycles. The van der Waals surface area contributed by atoms with E-state index in [1.807, 2.05) is 11.7 Å². The summed E-state index contributed by atoms with van der Waals surface area (Å²) in [7, 11) is 0. The van der Waals surface area contributed by atoms with Crippen molar-refractivity contribution in [2.45, 2.75) is 37.9 Å². The summed E-state index contributed by atoms with van der Waals surface area (Å²) in [6.45, 7) is 4.53. The second-order valence-corrected chi connectivity index (χ2v) is 6.00. The van der Waals surface area contributed by atoms with E-state index in [9.17, 15) is 0 Å². The molecule has 0 amide bonds. The fourth-order valence-electron chi connectivity index (χ4n) is 1.29. The SMILES string of the molecule is CC(C)CC(Br)CCc1cncs1. The first-order valence-corrected chi connectivity index (χ1v) is 6.49. The van der Waals surface area contributed by atoms with Crippen molar-refractivity contribution < 1.29 is 0 Å². The van der Waals surface area contributed by atoms with Gasteiger partial charge in [-0.1, -0.05) is 29.8 Å². The van der Waals surface area contributed by atoms with Crippen molar-refractivity contribution in [2.24, 2.45) is 5.92 Å². The number of thiazole rings is 1. The molecule has 13 heavy (non-hydrogen) atoms. The molecule has 74 valence electrons. The maximum absolute atomic E-state index is 4.06. The van der Waals surface area contributed by atoms with E-state index in [-0.39, 0.29) is 0 Å². The van der Waals surface area contributed by atoms with Crippen LogP contribution in [0.1, 0.15) is 31.6 Å². The van der Waals surface area contributed by atoms with E-state index in [0.717, 1.165) is 12.3 Å². The van der Waals surface area contributed by atoms with Crippen LogP contribution < -0.4 is 0 Å². The van der Waals surface area contributed by atoms with Crippen LogP contribution in [0.4, 0.5) is 0 Å². The lowest BCUT2D eigenvalue weighted by Gasteiger charge is -2.10. The Morgan fingerprint density at radius 1 is 1.54 bits per heavy atom. The summed E-state index contributed by atoms with van der Waals surface area (Å²) in [6, 6.07) is 0. The van der Waals surface area contributed by atoms with Gasteiger partial charge in [0.15, 0.2) is 0 Å². The zero-order valence-electron chi connectivity index (χ0n) is 8.16. The standard InChI is InChI=1S/C10H16BrNS/c1-8(2)5-9(11)3-4-10-6-12-7-13-10/h6-9H,3-5H2,1-2H3. The molecule has 1 aromatic rings. The predicted octanol–water partition coefficient (Wildman–Crippen LogP) is 3.89. The van der Waals surface area contributed by atoms with Crippen LogP contribution in [0.2, 0.25) is 0 Å². The van der Waals surface area contributed by atoms with Crippen LogP contribution in [0.15, 0.2) is 11.7 Å². The minimum Gasteiger partial charge on any atom is -0.253 e. The molecule has 0 N–H and O–H groups in total. The average molecular weight is 262 g/mol. The van der Waals surface area contributed by atoms with Gasteiger partial charge >= 0.3 is 0 Å². The molecule has 3 heteroatoms. The molecule has 0 saturated carbocycles. The van der Waals surface area contributed by atoms with E-state index in [4.69, 9.17) is 0 Å². The smallest absolute Gasteiger partial charge is 0.0794 e. The number of hydrogen-bond acceptors (Lipinski definition) is 2. The first-order chi connectivity index (χ1) is 6.18. The average Bonchev–Trinajstić information content (AvgIpc) is 2.51. The minimum absolute atomic E-state index is 0.662. The van der Waals surface area contributed by atoms with Gasteiger partial charge in [-0.15, -0.1) is 11.3 Å². The molecule has 1 nitrogen and oxygen atoms in total. The highest BCUT2D eigenvalue weighted by molar-refractivity contribution is 9.09. The van der Waals surface area contributed by atoms with Gasteiger partial charge < -0.3 is 0 Å². The maximum Gasteiger partial charge on any atom is 0.0794 e. The molecule has 0 radical (unpaired) electrons. The van der Waals surface area contributed by atoms with E-state index >= 15 is 0 Å². The summed E-state index contributed by atoms with van der Waals surface area (Å²) in [4.78, 5) is 6.12. The molecule has 1 unspecified atom stereocenters. The quantitative estimate of drug-likeness (QED) is 0.734. The summed E-state index contributed by atoms with van der Waals surface area (Å²) < 4.78 is 0. The van der Waals surface area contributed by atoms with Gasteiger partial charge in [0.2, 0.25) is 0 Å². The Morgan fingerprint density at radius 3 is 2.85 bits per heavy atom. The molecule has 0 bridgehead atoms. The lowest BCUT2D eigenvalue weighted by atomic mass is 10.1. The Hall–Kier alpha value is 0.110. The van der Waals surface area contributed by atoms with Crippen molar-refractivity contribution in [3.05, 3.63) is 16.6 Å². The summed E-state index contributed by atoms with van der Waals surface area (Å²) in [5, 5.41) is 0. The van der Waals surface area contributed by atoms with Gasteiger partial charge in [-0.3, -0.25) is 4.98 Å². The normalized spacial score (nSPS) is 13.5. The third-order valence-corrected chi connectivity index (χ3v) is 3.59. The summed E-state index contributed by atoms with van der Waals surface area (Å²) in [5.41, 5.74) is 1.90. The highest BCUT2D eigenvalue weighted by atomic mass is 79.9. The van der Waals surface area contributed by atoms with E-state index in [1.54, 1.807) is 11.3 Å². The Balaban J connectivity index is 2.19. The fourth-order valence-corrected chi connectivity index (χ4v) is 2.88. The van der Waals surface area contributed by atoms with Gasteiger partial charge in [-0.05, 0) is 25.2 Å². The van der Waals surface area contributed by atoms with Crippen LogP contribution >= 0.6 is 27.3 Å². The molecular weight excluding hydrogens is 246 g/mol. The topological polar surface area (TPSA) is 12.9 Å². The van der Waals surface area contributed by atoms with Crippen molar-refractivity contribution in [1.82, 2.24) is 4.98 Å². The molecule has 0 saturated heterocycles. The third-order valence-electron chi connectivity index (χ3n) is 1.91. The molecule has 1 rings (SSSR count). The molecule has 0 aliphatic rings. The third kappa shape index (κ3) is 4.77. The maximum atomic E-state index is 4.06. The van der Waals surface area contributed by atoms with E-state index in [1.165, 1.54) is 17.7 Å². The van der Waals surface area contributed by atoms with E-state index < -0.39 is 0 Å². The Bertz CT molecular complexity index is 221. The van der Waals surface area contributed by atoms with Crippen LogP contribution in [0, 0.1) is 5.92 Å². The molecular formula is C10H16BrNS. The van der Waals surface area contributed by atoms with Crippen molar-refractivity contribution >= 4 is 27.3 Å². The second kappa shape index (κ2) is 5.76. The minimum atomic E-state index is 0.662. The molecule has 1 atom stereocenters. The fraction of sp³-hybridized carbons (Fsp3) is 0.700. The molecule has 0 spiro atoms. The van der Waals surface area contributed by atoms with E-state index in [0.29, 0.717) is 4.83 Å². The number of aromatic nitrogens is 1.